The topological polar surface area (TPSA) is 44.5 Å². The van der Waals surface area contributed by atoms with E-state index in [0.717, 1.165) is 41.7 Å². The molecule has 106 valence electrons. The van der Waals surface area contributed by atoms with Gasteiger partial charge in [0.15, 0.2) is 0 Å². The van der Waals surface area contributed by atoms with Gasteiger partial charge >= 0.3 is 0 Å². The quantitative estimate of drug-likeness (QED) is 0.867. The lowest BCUT2D eigenvalue weighted by molar-refractivity contribution is -0.0282. The van der Waals surface area contributed by atoms with Crippen LogP contribution in [-0.4, -0.2) is 19.8 Å². The van der Waals surface area contributed by atoms with E-state index < -0.39 is 0 Å². The first-order valence-corrected chi connectivity index (χ1v) is 7.64. The Labute approximate surface area is 123 Å². The lowest BCUT2D eigenvalue weighted by Gasteiger charge is -2.36. The number of hydrogen-bond acceptors (Lipinski definition) is 3. The van der Waals surface area contributed by atoms with Gasteiger partial charge in [-0.05, 0) is 50.3 Å². The molecule has 0 aromatic heterocycles. The molecule has 1 aliphatic rings. The highest BCUT2D eigenvalue weighted by Gasteiger charge is 2.31. The summed E-state index contributed by atoms with van der Waals surface area (Å²) in [5.74, 6) is 1.55. The Hall–Kier alpha value is -0.580. The molecule has 1 aromatic carbocycles. The number of benzene rings is 1. The summed E-state index contributed by atoms with van der Waals surface area (Å²) in [5.41, 5.74) is 7.41. The van der Waals surface area contributed by atoms with Crippen LogP contribution in [0.25, 0.3) is 0 Å². The zero-order valence-electron chi connectivity index (χ0n) is 11.6. The Bertz CT molecular complexity index is 419. The van der Waals surface area contributed by atoms with Crippen molar-refractivity contribution >= 4 is 15.9 Å². The number of methoxy groups -OCH3 is 1. The minimum atomic E-state index is 0.0278. The fraction of sp³-hybridized carbons (Fsp3) is 0.600. The molecule has 19 heavy (non-hydrogen) atoms. The molecular formula is C15H22BrNO2. The highest BCUT2D eigenvalue weighted by molar-refractivity contribution is 9.10. The predicted octanol–water partition coefficient (Wildman–Crippen LogP) is 3.66. The molecule has 0 saturated heterocycles. The van der Waals surface area contributed by atoms with Gasteiger partial charge < -0.3 is 15.2 Å². The molecule has 0 spiro atoms. The van der Waals surface area contributed by atoms with E-state index in [9.17, 15) is 0 Å². The van der Waals surface area contributed by atoms with Crippen LogP contribution >= 0.6 is 15.9 Å². The highest BCUT2D eigenvalue weighted by Crippen LogP contribution is 2.38. The summed E-state index contributed by atoms with van der Waals surface area (Å²) in [6.07, 6.45) is 3.72. The van der Waals surface area contributed by atoms with Gasteiger partial charge in [-0.3, -0.25) is 0 Å². The maximum absolute atomic E-state index is 6.33. The van der Waals surface area contributed by atoms with E-state index >= 15 is 0 Å². The van der Waals surface area contributed by atoms with Crippen molar-refractivity contribution in [3.63, 3.8) is 0 Å². The van der Waals surface area contributed by atoms with Crippen LogP contribution in [0, 0.1) is 5.92 Å². The van der Waals surface area contributed by atoms with Crippen molar-refractivity contribution in [2.75, 3.05) is 13.7 Å². The number of nitrogens with two attached hydrogens (primary N) is 1. The summed E-state index contributed by atoms with van der Waals surface area (Å²) in [4.78, 5) is 0. The third-order valence-electron chi connectivity index (χ3n) is 3.77. The second-order valence-corrected chi connectivity index (χ2v) is 6.06. The normalized spacial score (nSPS) is 23.8. The average Bonchev–Trinajstić information content (AvgIpc) is 2.36. The molecular weight excluding hydrogens is 306 g/mol. The van der Waals surface area contributed by atoms with E-state index in [2.05, 4.69) is 22.0 Å². The Balaban J connectivity index is 1.93. The minimum absolute atomic E-state index is 0.0278. The van der Waals surface area contributed by atoms with Crippen molar-refractivity contribution in [2.45, 2.75) is 38.3 Å². The maximum Gasteiger partial charge on any atom is 0.123 e. The van der Waals surface area contributed by atoms with Crippen LogP contribution in [0.1, 0.15) is 37.8 Å². The molecule has 2 N–H and O–H groups in total. The monoisotopic (exact) mass is 327 g/mol. The van der Waals surface area contributed by atoms with Crippen LogP contribution in [0.2, 0.25) is 0 Å². The number of halogens is 1. The molecule has 1 atom stereocenters. The SMILES string of the molecule is CCOC1CC(CC(N)c2cc(Br)ccc2OC)C1. The van der Waals surface area contributed by atoms with Gasteiger partial charge in [0.1, 0.15) is 5.75 Å². The van der Waals surface area contributed by atoms with Gasteiger partial charge in [-0.2, -0.15) is 0 Å². The minimum Gasteiger partial charge on any atom is -0.496 e. The first-order valence-electron chi connectivity index (χ1n) is 6.84. The van der Waals surface area contributed by atoms with Crippen LogP contribution in [0.15, 0.2) is 22.7 Å². The maximum atomic E-state index is 6.33. The third-order valence-corrected chi connectivity index (χ3v) is 4.27. The highest BCUT2D eigenvalue weighted by atomic mass is 79.9. The summed E-state index contributed by atoms with van der Waals surface area (Å²) in [6.45, 7) is 2.86. The Morgan fingerprint density at radius 1 is 1.42 bits per heavy atom. The number of rotatable bonds is 6. The molecule has 1 fully saturated rings. The standard InChI is InChI=1S/C15H22BrNO2/c1-3-19-12-6-10(7-12)8-14(17)13-9-11(16)4-5-15(13)18-2/h4-5,9-10,12,14H,3,6-8,17H2,1-2H3. The van der Waals surface area contributed by atoms with Gasteiger partial charge in [0, 0.05) is 22.7 Å². The Morgan fingerprint density at radius 2 is 2.16 bits per heavy atom. The fourth-order valence-electron chi connectivity index (χ4n) is 2.72. The molecule has 0 bridgehead atoms. The van der Waals surface area contributed by atoms with Gasteiger partial charge in [0.05, 0.1) is 13.2 Å². The number of hydrogen-bond donors (Lipinski definition) is 1. The van der Waals surface area contributed by atoms with Crippen molar-refractivity contribution in [2.24, 2.45) is 11.7 Å². The zero-order valence-corrected chi connectivity index (χ0v) is 13.2. The molecule has 0 radical (unpaired) electrons. The molecule has 1 saturated carbocycles. The van der Waals surface area contributed by atoms with Crippen LogP contribution in [-0.2, 0) is 4.74 Å². The van der Waals surface area contributed by atoms with E-state index in [1.165, 1.54) is 0 Å². The Kier molecular flexibility index (Phi) is 5.25. The summed E-state index contributed by atoms with van der Waals surface area (Å²) in [6, 6.07) is 6.02. The zero-order chi connectivity index (χ0) is 13.8. The van der Waals surface area contributed by atoms with Crippen LogP contribution in [0.3, 0.4) is 0 Å². The Morgan fingerprint density at radius 3 is 2.79 bits per heavy atom. The van der Waals surface area contributed by atoms with E-state index in [0.29, 0.717) is 12.0 Å². The molecule has 0 amide bonds. The average molecular weight is 328 g/mol. The van der Waals surface area contributed by atoms with Gasteiger partial charge in [-0.25, -0.2) is 0 Å². The molecule has 0 aliphatic heterocycles. The predicted molar refractivity (Wildman–Crippen MR) is 80.4 cm³/mol. The fourth-order valence-corrected chi connectivity index (χ4v) is 3.10. The van der Waals surface area contributed by atoms with Crippen molar-refractivity contribution in [1.82, 2.24) is 0 Å². The lowest BCUT2D eigenvalue weighted by Crippen LogP contribution is -2.33. The van der Waals surface area contributed by atoms with Crippen LogP contribution in [0.5, 0.6) is 5.75 Å². The van der Waals surface area contributed by atoms with Gasteiger partial charge in [0.25, 0.3) is 0 Å². The van der Waals surface area contributed by atoms with Crippen LogP contribution in [0.4, 0.5) is 0 Å². The summed E-state index contributed by atoms with van der Waals surface area (Å²) in [5, 5.41) is 0. The van der Waals surface area contributed by atoms with Gasteiger partial charge in [-0.15, -0.1) is 0 Å². The number of ether oxygens (including phenoxy) is 2. The van der Waals surface area contributed by atoms with Crippen molar-refractivity contribution < 1.29 is 9.47 Å². The van der Waals surface area contributed by atoms with E-state index in [-0.39, 0.29) is 6.04 Å². The van der Waals surface area contributed by atoms with Crippen molar-refractivity contribution in [3.05, 3.63) is 28.2 Å². The summed E-state index contributed by atoms with van der Waals surface area (Å²) in [7, 11) is 1.69. The first-order chi connectivity index (χ1) is 9.13. The molecule has 2 rings (SSSR count). The van der Waals surface area contributed by atoms with E-state index in [1.807, 2.05) is 19.1 Å². The smallest absolute Gasteiger partial charge is 0.123 e. The molecule has 1 unspecified atom stereocenters. The lowest BCUT2D eigenvalue weighted by atomic mass is 9.77. The second kappa shape index (κ2) is 6.73. The van der Waals surface area contributed by atoms with Crippen LogP contribution < -0.4 is 10.5 Å². The summed E-state index contributed by atoms with van der Waals surface area (Å²) >= 11 is 3.49. The molecule has 3 nitrogen and oxygen atoms in total. The van der Waals surface area contributed by atoms with Gasteiger partial charge in [0.2, 0.25) is 0 Å². The molecule has 0 heterocycles. The van der Waals surface area contributed by atoms with Crippen molar-refractivity contribution in [3.8, 4) is 5.75 Å². The first kappa shape index (κ1) is 14.8. The van der Waals surface area contributed by atoms with E-state index in [4.69, 9.17) is 15.2 Å². The van der Waals surface area contributed by atoms with E-state index in [1.54, 1.807) is 7.11 Å². The van der Waals surface area contributed by atoms with Gasteiger partial charge in [-0.1, -0.05) is 15.9 Å². The summed E-state index contributed by atoms with van der Waals surface area (Å²) < 4.78 is 12.0. The molecule has 1 aromatic rings. The largest absolute Gasteiger partial charge is 0.496 e. The molecule has 4 heteroatoms. The van der Waals surface area contributed by atoms with Crippen molar-refractivity contribution in [1.29, 1.82) is 0 Å². The second-order valence-electron chi connectivity index (χ2n) is 5.14. The third kappa shape index (κ3) is 3.71. The molecule has 1 aliphatic carbocycles.